The Morgan fingerprint density at radius 2 is 1.91 bits per heavy atom. The Morgan fingerprint density at radius 3 is 2.66 bits per heavy atom. The summed E-state index contributed by atoms with van der Waals surface area (Å²) in [4.78, 5) is 26.6. The molecule has 10 nitrogen and oxygen atoms in total. The second-order valence-corrected chi connectivity index (χ2v) is 15.1. The Kier molecular flexibility index (Phi) is 12.1. The van der Waals surface area contributed by atoms with Gasteiger partial charge in [-0.2, -0.15) is 4.31 Å². The third-order valence-corrected chi connectivity index (χ3v) is 11.9. The first kappa shape index (κ1) is 35.5. The molecule has 0 spiro atoms. The van der Waals surface area contributed by atoms with E-state index in [2.05, 4.69) is 16.0 Å². The molecule has 47 heavy (non-hydrogen) atoms. The molecule has 5 rings (SSSR count). The van der Waals surface area contributed by atoms with E-state index >= 15 is 4.39 Å². The smallest absolute Gasteiger partial charge is 0.407 e. The zero-order chi connectivity index (χ0) is 33.6. The molecular formula is C33H43ClF2N4O6S. The lowest BCUT2D eigenvalue weighted by Gasteiger charge is -2.37. The number of nitrogens with one attached hydrogen (secondary N) is 3. The summed E-state index contributed by atoms with van der Waals surface area (Å²) in [5, 5.41) is 8.80. The molecule has 0 saturated carbocycles. The summed E-state index contributed by atoms with van der Waals surface area (Å²) in [7, 11) is -2.25. The zero-order valence-electron chi connectivity index (χ0n) is 26.5. The molecule has 3 aliphatic heterocycles. The average Bonchev–Trinajstić information content (AvgIpc) is 3.17. The van der Waals surface area contributed by atoms with E-state index in [1.165, 1.54) is 31.4 Å². The van der Waals surface area contributed by atoms with Crippen molar-refractivity contribution in [3.8, 4) is 0 Å². The summed E-state index contributed by atoms with van der Waals surface area (Å²) in [6.45, 7) is 2.12. The van der Waals surface area contributed by atoms with Crippen molar-refractivity contribution in [2.75, 3.05) is 44.5 Å². The van der Waals surface area contributed by atoms with Crippen LogP contribution in [0.2, 0.25) is 5.02 Å². The largest absolute Gasteiger partial charge is 0.453 e. The van der Waals surface area contributed by atoms with Gasteiger partial charge in [0, 0.05) is 55.6 Å². The number of sulfonamides is 1. The number of halogens is 3. The third kappa shape index (κ3) is 9.00. The molecule has 3 fully saturated rings. The molecule has 2 aromatic carbocycles. The molecule has 0 aliphatic carbocycles. The molecule has 2 amide bonds. The lowest BCUT2D eigenvalue weighted by molar-refractivity contribution is -0.118. The van der Waals surface area contributed by atoms with Gasteiger partial charge < -0.3 is 25.4 Å². The molecule has 258 valence electrons. The van der Waals surface area contributed by atoms with Crippen molar-refractivity contribution in [2.24, 2.45) is 5.92 Å². The van der Waals surface area contributed by atoms with Gasteiger partial charge in [-0.15, -0.1) is 0 Å². The minimum atomic E-state index is -3.43. The van der Waals surface area contributed by atoms with Gasteiger partial charge in [0.05, 0.1) is 17.9 Å². The van der Waals surface area contributed by atoms with Gasteiger partial charge >= 0.3 is 6.09 Å². The number of rotatable bonds is 11. The number of piperazine rings is 1. The monoisotopic (exact) mass is 696 g/mol. The summed E-state index contributed by atoms with van der Waals surface area (Å²) in [6.07, 6.45) is 3.86. The number of alkyl carbamates (subject to hydrolysis) is 1. The summed E-state index contributed by atoms with van der Waals surface area (Å²) >= 11 is 5.98. The minimum Gasteiger partial charge on any atom is -0.453 e. The van der Waals surface area contributed by atoms with E-state index in [0.717, 1.165) is 19.3 Å². The highest BCUT2D eigenvalue weighted by Crippen LogP contribution is 2.33. The molecule has 3 unspecified atom stereocenters. The van der Waals surface area contributed by atoms with E-state index < -0.39 is 45.6 Å². The fourth-order valence-corrected chi connectivity index (χ4v) is 8.87. The summed E-state index contributed by atoms with van der Waals surface area (Å²) in [5.74, 6) is -2.08. The number of carbonyl (C=O) groups is 2. The molecule has 3 N–H and O–H groups in total. The Morgan fingerprint density at radius 1 is 1.13 bits per heavy atom. The molecule has 14 heteroatoms. The average molecular weight is 697 g/mol. The normalized spacial score (nSPS) is 24.0. The SMILES string of the molecule is COC(=O)N[C@H](C(=O)Nc1cccc(F)c1CCC1CNC2CCCS(=O)(=O)N1C2)[C@H](CCC1CCOCC1)c1ccc(Cl)c(F)c1. The predicted molar refractivity (Wildman–Crippen MR) is 175 cm³/mol. The first-order valence-electron chi connectivity index (χ1n) is 16.2. The van der Waals surface area contributed by atoms with Gasteiger partial charge in [0.15, 0.2) is 0 Å². The molecule has 0 radical (unpaired) electrons. The van der Waals surface area contributed by atoms with Crippen molar-refractivity contribution in [3.63, 3.8) is 0 Å². The maximum atomic E-state index is 15.4. The van der Waals surface area contributed by atoms with Crippen LogP contribution < -0.4 is 16.0 Å². The van der Waals surface area contributed by atoms with Crippen LogP contribution in [-0.4, -0.2) is 82.0 Å². The van der Waals surface area contributed by atoms with Crippen molar-refractivity contribution in [1.82, 2.24) is 14.9 Å². The second-order valence-electron chi connectivity index (χ2n) is 12.6. The highest BCUT2D eigenvalue weighted by Gasteiger charge is 2.38. The van der Waals surface area contributed by atoms with Crippen LogP contribution in [0.5, 0.6) is 0 Å². The summed E-state index contributed by atoms with van der Waals surface area (Å²) in [5.41, 5.74) is 0.901. The maximum absolute atomic E-state index is 15.4. The Hall–Kier alpha value is -2.84. The number of ether oxygens (including phenoxy) is 2. The van der Waals surface area contributed by atoms with Gasteiger partial charge in [-0.3, -0.25) is 4.79 Å². The molecule has 2 aromatic rings. The van der Waals surface area contributed by atoms with Crippen LogP contribution in [0.25, 0.3) is 0 Å². The number of benzene rings is 2. The van der Waals surface area contributed by atoms with E-state index in [4.69, 9.17) is 21.1 Å². The zero-order valence-corrected chi connectivity index (χ0v) is 28.1. The van der Waals surface area contributed by atoms with Gasteiger partial charge in [0.1, 0.15) is 17.7 Å². The van der Waals surface area contributed by atoms with E-state index in [-0.39, 0.29) is 40.5 Å². The van der Waals surface area contributed by atoms with E-state index in [1.807, 2.05) is 0 Å². The van der Waals surface area contributed by atoms with E-state index in [1.54, 1.807) is 16.4 Å². The molecule has 3 saturated heterocycles. The number of hydrogen-bond donors (Lipinski definition) is 3. The Balaban J connectivity index is 1.39. The van der Waals surface area contributed by atoms with Gasteiger partial charge in [-0.25, -0.2) is 22.0 Å². The number of hydrogen-bond acceptors (Lipinski definition) is 7. The molecular weight excluding hydrogens is 654 g/mol. The molecule has 3 heterocycles. The van der Waals surface area contributed by atoms with Crippen LogP contribution in [0.15, 0.2) is 36.4 Å². The lowest BCUT2D eigenvalue weighted by Crippen LogP contribution is -2.57. The van der Waals surface area contributed by atoms with Gasteiger partial charge in [0.25, 0.3) is 0 Å². The number of anilines is 1. The highest BCUT2D eigenvalue weighted by atomic mass is 35.5. The third-order valence-electron chi connectivity index (χ3n) is 9.61. The quantitative estimate of drug-likeness (QED) is 0.303. The fourth-order valence-electron chi connectivity index (χ4n) is 6.95. The van der Waals surface area contributed by atoms with Crippen LogP contribution in [0.3, 0.4) is 0 Å². The Bertz CT molecular complexity index is 1530. The van der Waals surface area contributed by atoms with E-state index in [0.29, 0.717) is 63.5 Å². The number of nitrogens with zero attached hydrogens (tertiary/aromatic N) is 1. The van der Waals surface area contributed by atoms with Gasteiger partial charge in [-0.1, -0.05) is 23.7 Å². The predicted octanol–water partition coefficient (Wildman–Crippen LogP) is 4.97. The van der Waals surface area contributed by atoms with Crippen molar-refractivity contribution in [1.29, 1.82) is 0 Å². The number of amides is 2. The molecule has 3 aliphatic rings. The van der Waals surface area contributed by atoms with Gasteiger partial charge in [-0.05, 0) is 87.1 Å². The molecule has 5 atom stereocenters. The van der Waals surface area contributed by atoms with E-state index in [9.17, 15) is 22.4 Å². The highest BCUT2D eigenvalue weighted by molar-refractivity contribution is 7.89. The van der Waals surface area contributed by atoms with Crippen molar-refractivity contribution < 1.29 is 36.3 Å². The van der Waals surface area contributed by atoms with Crippen LogP contribution >= 0.6 is 11.6 Å². The first-order chi connectivity index (χ1) is 22.6. The second kappa shape index (κ2) is 16.0. The maximum Gasteiger partial charge on any atom is 0.407 e. The molecule has 0 aromatic heterocycles. The first-order valence-corrected chi connectivity index (χ1v) is 18.2. The fraction of sp³-hybridized carbons (Fsp3) is 0.576. The Labute approximate surface area is 279 Å². The summed E-state index contributed by atoms with van der Waals surface area (Å²) < 4.78 is 67.9. The number of fused-ring (bicyclic) bond motifs is 2. The van der Waals surface area contributed by atoms with Crippen molar-refractivity contribution in [2.45, 2.75) is 75.4 Å². The van der Waals surface area contributed by atoms with Crippen molar-refractivity contribution in [3.05, 3.63) is 64.2 Å². The summed E-state index contributed by atoms with van der Waals surface area (Å²) in [6, 6.07) is 7.18. The number of methoxy groups -OCH3 is 1. The lowest BCUT2D eigenvalue weighted by atomic mass is 9.82. The minimum absolute atomic E-state index is 0.0695. The topological polar surface area (TPSA) is 126 Å². The molecule has 2 bridgehead atoms. The van der Waals surface area contributed by atoms with Crippen LogP contribution in [0.4, 0.5) is 19.3 Å². The van der Waals surface area contributed by atoms with Crippen molar-refractivity contribution >= 4 is 39.3 Å². The number of carbonyl (C=O) groups excluding carboxylic acids is 2. The van der Waals surface area contributed by atoms with Gasteiger partial charge in [0.2, 0.25) is 15.9 Å². The van der Waals surface area contributed by atoms with Crippen LogP contribution in [-0.2, 0) is 30.7 Å². The van der Waals surface area contributed by atoms with Crippen LogP contribution in [0, 0.1) is 17.6 Å². The standard InChI is InChI=1S/C33H43ClF2N4O6S/c1-45-33(42)39-31(25(10-7-21-13-15-46-16-14-21)22-8-12-27(34)29(36)18-22)32(41)38-30-6-2-5-28(35)26(30)11-9-24-19-37-23-4-3-17-47(43,44)40(24)20-23/h2,5-6,8,12,18,21,23-25,31,37H,3-4,7,9-11,13-17,19-20H2,1H3,(H,38,41)(H,39,42)/t23?,24?,25-,31+/m1/s1. The van der Waals surface area contributed by atoms with Crippen LogP contribution in [0.1, 0.15) is 62.0 Å².